The number of nitrogens with zero attached hydrogens (tertiary/aromatic N) is 2. The monoisotopic (exact) mass is 831 g/mol. The molecular formula is C39H35Cl2N7O10. The van der Waals surface area contributed by atoms with E-state index in [1.54, 1.807) is 73.1 Å². The third-order valence-electron chi connectivity index (χ3n) is 8.00. The first-order chi connectivity index (χ1) is 27.9. The van der Waals surface area contributed by atoms with Crippen LogP contribution in [0.2, 0.25) is 10.0 Å². The van der Waals surface area contributed by atoms with E-state index in [4.69, 9.17) is 47.0 Å². The number of nitrogens with one attached hydrogen (secondary N) is 5. The summed E-state index contributed by atoms with van der Waals surface area (Å²) >= 11 is 12.4. The van der Waals surface area contributed by atoms with Crippen LogP contribution in [0, 0.1) is 0 Å². The van der Waals surface area contributed by atoms with Crippen molar-refractivity contribution in [2.45, 2.75) is 0 Å². The fourth-order valence-corrected chi connectivity index (χ4v) is 5.69. The van der Waals surface area contributed by atoms with Crippen molar-refractivity contribution < 1.29 is 48.1 Å². The number of carbonyl (C=O) groups is 4. The van der Waals surface area contributed by atoms with Gasteiger partial charge in [0, 0.05) is 61.5 Å². The van der Waals surface area contributed by atoms with Gasteiger partial charge in [-0.2, -0.15) is 0 Å². The minimum Gasteiger partial charge on any atom is -0.496 e. The van der Waals surface area contributed by atoms with E-state index in [1.165, 1.54) is 47.6 Å². The summed E-state index contributed by atoms with van der Waals surface area (Å²) in [6.45, 7) is 0. The lowest BCUT2D eigenvalue weighted by atomic mass is 10.1. The molecule has 58 heavy (non-hydrogen) atoms. The Balaban J connectivity index is 0.000000221. The zero-order valence-electron chi connectivity index (χ0n) is 31.4. The molecule has 0 atom stereocenters. The van der Waals surface area contributed by atoms with Crippen molar-refractivity contribution in [3.05, 3.63) is 106 Å². The average Bonchev–Trinajstić information content (AvgIpc) is 3.22. The van der Waals surface area contributed by atoms with Crippen LogP contribution in [0.3, 0.4) is 0 Å². The van der Waals surface area contributed by atoms with Crippen molar-refractivity contribution >= 4 is 80.3 Å². The van der Waals surface area contributed by atoms with Crippen LogP contribution in [0.1, 0.15) is 20.7 Å². The minimum absolute atomic E-state index is 0.00370. The first-order valence-corrected chi connectivity index (χ1v) is 17.6. The second-order valence-corrected chi connectivity index (χ2v) is 12.4. The van der Waals surface area contributed by atoms with Crippen LogP contribution in [0.25, 0.3) is 21.8 Å². The summed E-state index contributed by atoms with van der Waals surface area (Å²) in [5.41, 5.74) is 4.47. The van der Waals surface area contributed by atoms with E-state index < -0.39 is 17.9 Å². The predicted molar refractivity (Wildman–Crippen MR) is 217 cm³/mol. The Labute approximate surface area is 340 Å². The summed E-state index contributed by atoms with van der Waals surface area (Å²) < 4.78 is 22.3. The molecule has 300 valence electrons. The molecule has 0 saturated heterocycles. The Morgan fingerprint density at radius 2 is 1.05 bits per heavy atom. The van der Waals surface area contributed by atoms with Crippen molar-refractivity contribution in [2.75, 3.05) is 46.1 Å². The molecule has 19 heteroatoms. The zero-order chi connectivity index (χ0) is 41.9. The van der Waals surface area contributed by atoms with Gasteiger partial charge >= 0.3 is 18.0 Å². The molecule has 0 aliphatic heterocycles. The van der Waals surface area contributed by atoms with Gasteiger partial charge in [0.15, 0.2) is 0 Å². The van der Waals surface area contributed by atoms with Gasteiger partial charge in [-0.05, 0) is 48.5 Å². The van der Waals surface area contributed by atoms with Crippen LogP contribution in [0.15, 0.2) is 85.2 Å². The van der Waals surface area contributed by atoms with E-state index in [2.05, 4.69) is 36.7 Å². The summed E-state index contributed by atoms with van der Waals surface area (Å²) in [7, 11) is 7.20. The van der Waals surface area contributed by atoms with Crippen molar-refractivity contribution in [1.82, 2.24) is 26.1 Å². The van der Waals surface area contributed by atoms with Crippen molar-refractivity contribution in [3.63, 3.8) is 0 Å². The Kier molecular flexibility index (Phi) is 13.9. The standard InChI is InChI=1S/C20H19ClN4O5.C19H16ClN3O5/c1-22-20(27)24-15-5-4-11(8-14(15)21)30-17-6-7-23-16-10-18(28-2)13(9-12(16)17)19(26)25-29-3;1-21-19(26)23-14-4-3-10(7-13(14)20)28-16-5-6-22-15-9-17(27-2)12(18(24)25)8-11(15)16/h4-10H,1-3H3,(H,25,26)(H2,22,24,27);3-9H,1-2H3,(H,24,25)(H2,21,23,26). The van der Waals surface area contributed by atoms with Gasteiger partial charge in [-0.25, -0.2) is 19.9 Å². The number of hydrogen-bond donors (Lipinski definition) is 6. The maximum atomic E-state index is 12.3. The number of ether oxygens (including phenoxy) is 4. The topological polar surface area (TPSA) is 221 Å². The first-order valence-electron chi connectivity index (χ1n) is 16.8. The molecule has 0 aliphatic rings. The molecule has 0 spiro atoms. The van der Waals surface area contributed by atoms with Gasteiger partial charge in [0.1, 0.15) is 40.1 Å². The number of aromatic nitrogens is 2. The number of amides is 5. The molecule has 0 aliphatic carbocycles. The SMILES string of the molecule is CNC(=O)Nc1ccc(Oc2ccnc3cc(OC)c(C(=O)NOC)cc23)cc1Cl.CNC(=O)Nc1ccc(Oc2ccnc3cc(OC)c(C(=O)O)cc23)cc1Cl. The third kappa shape index (κ3) is 10.0. The van der Waals surface area contributed by atoms with E-state index in [0.29, 0.717) is 67.0 Å². The Morgan fingerprint density at radius 1 is 0.603 bits per heavy atom. The molecule has 0 saturated carbocycles. The number of halogens is 2. The lowest BCUT2D eigenvalue weighted by molar-refractivity contribution is 0.0534. The van der Waals surface area contributed by atoms with E-state index >= 15 is 0 Å². The number of benzene rings is 4. The summed E-state index contributed by atoms with van der Waals surface area (Å²) in [6, 6.07) is 18.3. The Morgan fingerprint density at radius 3 is 1.45 bits per heavy atom. The van der Waals surface area contributed by atoms with Gasteiger partial charge in [0.2, 0.25) is 0 Å². The highest BCUT2D eigenvalue weighted by Gasteiger charge is 2.18. The third-order valence-corrected chi connectivity index (χ3v) is 8.63. The number of urea groups is 2. The number of hydrogen-bond acceptors (Lipinski definition) is 11. The summed E-state index contributed by atoms with van der Waals surface area (Å²) in [5, 5.41) is 21.2. The summed E-state index contributed by atoms with van der Waals surface area (Å²) in [4.78, 5) is 59.9. The van der Waals surface area contributed by atoms with Gasteiger partial charge in [0.05, 0.1) is 59.3 Å². The molecule has 0 unspecified atom stereocenters. The normalized spacial score (nSPS) is 10.4. The van der Waals surface area contributed by atoms with Crippen LogP contribution in [0.5, 0.6) is 34.5 Å². The van der Waals surface area contributed by atoms with E-state index in [9.17, 15) is 24.3 Å². The number of methoxy groups -OCH3 is 2. The van der Waals surface area contributed by atoms with Crippen molar-refractivity contribution in [1.29, 1.82) is 0 Å². The highest BCUT2D eigenvalue weighted by atomic mass is 35.5. The van der Waals surface area contributed by atoms with Crippen molar-refractivity contribution in [3.8, 4) is 34.5 Å². The highest BCUT2D eigenvalue weighted by Crippen LogP contribution is 2.37. The van der Waals surface area contributed by atoms with E-state index in [-0.39, 0.29) is 27.9 Å². The quantitative estimate of drug-likeness (QED) is 0.0687. The molecule has 5 amide bonds. The van der Waals surface area contributed by atoms with Crippen LogP contribution in [-0.4, -0.2) is 74.4 Å². The van der Waals surface area contributed by atoms with Crippen molar-refractivity contribution in [2.24, 2.45) is 0 Å². The molecule has 17 nitrogen and oxygen atoms in total. The molecule has 6 aromatic rings. The summed E-state index contributed by atoms with van der Waals surface area (Å²) in [6.07, 6.45) is 3.12. The van der Waals surface area contributed by atoms with Gasteiger partial charge in [-0.3, -0.25) is 19.6 Å². The number of hydroxylamine groups is 1. The number of pyridine rings is 2. The zero-order valence-corrected chi connectivity index (χ0v) is 32.9. The second-order valence-electron chi connectivity index (χ2n) is 11.6. The number of aromatic carboxylic acids is 1. The molecule has 0 fully saturated rings. The fraction of sp³-hybridized carbons (Fsp3) is 0.128. The molecule has 2 aromatic heterocycles. The molecule has 6 rings (SSSR count). The number of fused-ring (bicyclic) bond motifs is 2. The molecule has 0 bridgehead atoms. The minimum atomic E-state index is -1.12. The molecular weight excluding hydrogens is 797 g/mol. The lowest BCUT2D eigenvalue weighted by Gasteiger charge is -2.13. The number of rotatable bonds is 11. The molecule has 0 radical (unpaired) electrons. The second kappa shape index (κ2) is 19.2. The Hall–Kier alpha value is -7.08. The van der Waals surface area contributed by atoms with Crippen LogP contribution < -0.4 is 45.7 Å². The van der Waals surface area contributed by atoms with E-state index in [1.807, 2.05) is 0 Å². The Bertz CT molecular complexity index is 2520. The largest absolute Gasteiger partial charge is 0.496 e. The van der Waals surface area contributed by atoms with Gasteiger partial charge in [-0.15, -0.1) is 0 Å². The van der Waals surface area contributed by atoms with Gasteiger partial charge in [0.25, 0.3) is 5.91 Å². The average molecular weight is 833 g/mol. The van der Waals surface area contributed by atoms with Crippen LogP contribution in [0.4, 0.5) is 21.0 Å². The lowest BCUT2D eigenvalue weighted by Crippen LogP contribution is -2.24. The maximum absolute atomic E-state index is 12.3. The highest BCUT2D eigenvalue weighted by molar-refractivity contribution is 6.34. The summed E-state index contributed by atoms with van der Waals surface area (Å²) in [5.74, 6) is 0.656. The number of carboxylic acid groups (broad SMARTS) is 1. The number of anilines is 2. The fourth-order valence-electron chi connectivity index (χ4n) is 5.25. The van der Waals surface area contributed by atoms with E-state index in [0.717, 1.165) is 0 Å². The number of carbonyl (C=O) groups excluding carboxylic acids is 3. The van der Waals surface area contributed by atoms with Crippen LogP contribution in [-0.2, 0) is 4.84 Å². The predicted octanol–water partition coefficient (Wildman–Crippen LogP) is 7.87. The molecule has 4 aromatic carbocycles. The maximum Gasteiger partial charge on any atom is 0.339 e. The molecule has 2 heterocycles. The van der Waals surface area contributed by atoms with Gasteiger partial charge < -0.3 is 45.3 Å². The first kappa shape index (κ1) is 42.1. The number of carboxylic acids is 1. The molecule has 6 N–H and O–H groups in total. The smallest absolute Gasteiger partial charge is 0.339 e. The van der Waals surface area contributed by atoms with Crippen LogP contribution >= 0.6 is 23.2 Å². The van der Waals surface area contributed by atoms with Gasteiger partial charge in [-0.1, -0.05) is 23.2 Å².